The maximum Gasteiger partial charge on any atom is 0.490 e. The lowest BCUT2D eigenvalue weighted by Gasteiger charge is -1.93. The smallest absolute Gasteiger partial charge is 0.475 e. The number of aliphatic hydroxyl groups is 1. The van der Waals surface area contributed by atoms with E-state index in [0.717, 1.165) is 20.3 Å². The second-order valence-electron chi connectivity index (χ2n) is 3.83. The number of alkyl halides is 3. The van der Waals surface area contributed by atoms with Crippen LogP contribution in [0.2, 0.25) is 0 Å². The van der Waals surface area contributed by atoms with Crippen molar-refractivity contribution < 1.29 is 32.9 Å². The number of hydrogen-bond acceptors (Lipinski definition) is 3. The van der Waals surface area contributed by atoms with Crippen molar-refractivity contribution in [1.82, 2.24) is 0 Å². The highest BCUT2D eigenvalue weighted by molar-refractivity contribution is 5.73. The van der Waals surface area contributed by atoms with Crippen LogP contribution in [0.4, 0.5) is 13.2 Å². The molecule has 0 bridgehead atoms. The predicted molar refractivity (Wildman–Crippen MR) is 71.7 cm³/mol. The zero-order chi connectivity index (χ0) is 16.4. The van der Waals surface area contributed by atoms with Crippen LogP contribution in [0.1, 0.15) is 52.4 Å². The number of aliphatic carboxylic acids is 1. The fourth-order valence-corrected chi connectivity index (χ4v) is 1.01. The van der Waals surface area contributed by atoms with Crippen molar-refractivity contribution in [2.75, 3.05) is 20.3 Å². The Balaban J connectivity index is -0.000000205. The molecule has 0 atom stereocenters. The summed E-state index contributed by atoms with van der Waals surface area (Å²) in [6.07, 6.45) is 3.01. The number of rotatable bonds is 3. The molecule has 7 heteroatoms. The Kier molecular flexibility index (Phi) is 22.0. The van der Waals surface area contributed by atoms with Crippen molar-refractivity contribution in [1.29, 1.82) is 0 Å². The van der Waals surface area contributed by atoms with Crippen LogP contribution in [0, 0.1) is 0 Å². The Labute approximate surface area is 118 Å². The highest BCUT2D eigenvalue weighted by atomic mass is 19.4. The van der Waals surface area contributed by atoms with Crippen molar-refractivity contribution in [2.24, 2.45) is 0 Å². The first-order valence-corrected chi connectivity index (χ1v) is 6.68. The monoisotopic (exact) mass is 304 g/mol. The Morgan fingerprint density at radius 3 is 1.45 bits per heavy atom. The topological polar surface area (TPSA) is 66.8 Å². The van der Waals surface area contributed by atoms with Gasteiger partial charge >= 0.3 is 12.1 Å². The molecule has 1 aliphatic rings. The maximum absolute atomic E-state index is 10.6. The highest BCUT2D eigenvalue weighted by Gasteiger charge is 2.38. The van der Waals surface area contributed by atoms with E-state index in [-0.39, 0.29) is 0 Å². The molecule has 0 saturated carbocycles. The van der Waals surface area contributed by atoms with Crippen molar-refractivity contribution in [3.63, 3.8) is 0 Å². The third-order valence-electron chi connectivity index (χ3n) is 2.03. The number of carboxylic acids is 1. The minimum atomic E-state index is -5.08. The molecule has 0 amide bonds. The molecule has 2 N–H and O–H groups in total. The Hall–Kier alpha value is -0.820. The zero-order valence-electron chi connectivity index (χ0n) is 12.5. The third kappa shape index (κ3) is 25.9. The number of aliphatic hydroxyl groups excluding tert-OH is 1. The van der Waals surface area contributed by atoms with Crippen LogP contribution in [0.15, 0.2) is 0 Å². The van der Waals surface area contributed by atoms with Crippen LogP contribution in [0.25, 0.3) is 0 Å². The standard InChI is InChI=1S/C6H14.C4H8O.C2HF3O2.CH4O/c1-3-5-6-4-2;1-2-4-5-3-1;3-2(4,5)1(6)7;1-2/h3-6H2,1-2H3;1-4H2;(H,6,7);2H,1H3. The molecule has 4 nitrogen and oxygen atoms in total. The van der Waals surface area contributed by atoms with Gasteiger partial charge in [0.15, 0.2) is 0 Å². The van der Waals surface area contributed by atoms with E-state index in [4.69, 9.17) is 19.7 Å². The molecule has 1 fully saturated rings. The summed E-state index contributed by atoms with van der Waals surface area (Å²) >= 11 is 0. The number of ether oxygens (including phenoxy) is 1. The van der Waals surface area contributed by atoms with Crippen LogP contribution >= 0.6 is 0 Å². The van der Waals surface area contributed by atoms with Gasteiger partial charge in [-0.05, 0) is 12.8 Å². The van der Waals surface area contributed by atoms with E-state index >= 15 is 0 Å². The average Bonchev–Trinajstić information content (AvgIpc) is 2.97. The minimum absolute atomic E-state index is 1.00. The molecule has 1 aliphatic heterocycles. The first-order chi connectivity index (χ1) is 9.36. The van der Waals surface area contributed by atoms with E-state index < -0.39 is 12.1 Å². The van der Waals surface area contributed by atoms with Gasteiger partial charge in [-0.3, -0.25) is 0 Å². The Morgan fingerprint density at radius 2 is 1.35 bits per heavy atom. The van der Waals surface area contributed by atoms with Crippen molar-refractivity contribution in [3.8, 4) is 0 Å². The summed E-state index contributed by atoms with van der Waals surface area (Å²) in [5.41, 5.74) is 0. The van der Waals surface area contributed by atoms with E-state index in [1.165, 1.54) is 38.5 Å². The molecule has 0 aromatic carbocycles. The lowest BCUT2D eigenvalue weighted by Crippen LogP contribution is -2.21. The summed E-state index contributed by atoms with van der Waals surface area (Å²) in [7, 11) is 1.00. The zero-order valence-corrected chi connectivity index (χ0v) is 12.5. The molecular formula is C13H27F3O4. The van der Waals surface area contributed by atoms with Crippen LogP contribution in [-0.2, 0) is 9.53 Å². The SMILES string of the molecule is C1CCOC1.CCCCCC.CO.O=C(O)C(F)(F)F. The Bertz CT molecular complexity index is 181. The Morgan fingerprint density at radius 1 is 1.05 bits per heavy atom. The lowest BCUT2D eigenvalue weighted by atomic mass is 10.2. The summed E-state index contributed by atoms with van der Waals surface area (Å²) in [6.45, 7) is 6.46. The molecular weight excluding hydrogens is 277 g/mol. The lowest BCUT2D eigenvalue weighted by molar-refractivity contribution is -0.192. The minimum Gasteiger partial charge on any atom is -0.475 e. The van der Waals surface area contributed by atoms with Crippen LogP contribution in [0.3, 0.4) is 0 Å². The fourth-order valence-electron chi connectivity index (χ4n) is 1.01. The molecule has 0 aromatic rings. The fraction of sp³-hybridized carbons (Fsp3) is 0.923. The van der Waals surface area contributed by atoms with E-state index in [1.807, 2.05) is 0 Å². The van der Waals surface area contributed by atoms with Gasteiger partial charge in [0.2, 0.25) is 0 Å². The summed E-state index contributed by atoms with van der Waals surface area (Å²) in [6, 6.07) is 0. The van der Waals surface area contributed by atoms with Crippen molar-refractivity contribution in [2.45, 2.75) is 58.5 Å². The second-order valence-corrected chi connectivity index (χ2v) is 3.83. The van der Waals surface area contributed by atoms with Gasteiger partial charge in [0, 0.05) is 20.3 Å². The number of carbonyl (C=O) groups is 1. The summed E-state index contributed by atoms with van der Waals surface area (Å²) in [5.74, 6) is -2.76. The van der Waals surface area contributed by atoms with Gasteiger partial charge in [-0.25, -0.2) is 4.79 Å². The van der Waals surface area contributed by atoms with Gasteiger partial charge in [-0.2, -0.15) is 13.2 Å². The largest absolute Gasteiger partial charge is 0.490 e. The first-order valence-electron chi connectivity index (χ1n) is 6.68. The quantitative estimate of drug-likeness (QED) is 0.781. The van der Waals surface area contributed by atoms with Gasteiger partial charge in [0.05, 0.1) is 0 Å². The molecule has 124 valence electrons. The third-order valence-corrected chi connectivity index (χ3v) is 2.03. The van der Waals surface area contributed by atoms with E-state index in [1.54, 1.807) is 0 Å². The van der Waals surface area contributed by atoms with Gasteiger partial charge in [0.25, 0.3) is 0 Å². The average molecular weight is 304 g/mol. The number of hydrogen-bond donors (Lipinski definition) is 2. The van der Waals surface area contributed by atoms with Crippen LogP contribution < -0.4 is 0 Å². The number of halogens is 3. The molecule has 0 spiro atoms. The number of carboxylic acid groups (broad SMARTS) is 1. The molecule has 0 unspecified atom stereocenters. The molecule has 1 rings (SSSR count). The molecule has 0 aliphatic carbocycles. The van der Waals surface area contributed by atoms with Gasteiger partial charge in [0.1, 0.15) is 0 Å². The first kappa shape index (κ1) is 24.2. The molecule has 1 heterocycles. The van der Waals surface area contributed by atoms with Crippen LogP contribution in [0.5, 0.6) is 0 Å². The second kappa shape index (κ2) is 18.2. The molecule has 0 aromatic heterocycles. The van der Waals surface area contributed by atoms with Gasteiger partial charge < -0.3 is 14.9 Å². The number of unbranched alkanes of at least 4 members (excludes halogenated alkanes) is 3. The summed E-state index contributed by atoms with van der Waals surface area (Å²) in [5, 5.41) is 14.1. The van der Waals surface area contributed by atoms with Crippen molar-refractivity contribution in [3.05, 3.63) is 0 Å². The summed E-state index contributed by atoms with van der Waals surface area (Å²) in [4.78, 5) is 8.90. The van der Waals surface area contributed by atoms with Crippen molar-refractivity contribution >= 4 is 5.97 Å². The summed E-state index contributed by atoms with van der Waals surface area (Å²) < 4.78 is 36.7. The van der Waals surface area contributed by atoms with E-state index in [2.05, 4.69) is 13.8 Å². The maximum atomic E-state index is 10.6. The predicted octanol–water partition coefficient (Wildman–Crippen LogP) is 3.63. The highest BCUT2D eigenvalue weighted by Crippen LogP contribution is 2.13. The van der Waals surface area contributed by atoms with Gasteiger partial charge in [-0.15, -0.1) is 0 Å². The normalized spacial score (nSPS) is 12.9. The molecule has 1 saturated heterocycles. The van der Waals surface area contributed by atoms with Gasteiger partial charge in [-0.1, -0.05) is 39.5 Å². The molecule has 0 radical (unpaired) electrons. The van der Waals surface area contributed by atoms with Crippen LogP contribution in [-0.4, -0.2) is 42.7 Å². The molecule has 20 heavy (non-hydrogen) atoms. The van der Waals surface area contributed by atoms with E-state index in [9.17, 15) is 13.2 Å². The van der Waals surface area contributed by atoms with E-state index in [0.29, 0.717) is 0 Å².